The van der Waals surface area contributed by atoms with E-state index in [1.807, 2.05) is 20.8 Å². The average Bonchev–Trinajstić information content (AvgIpc) is 2.60. The molecular formula is C9H15N3O3. The second kappa shape index (κ2) is 3.64. The first-order chi connectivity index (χ1) is 7.07. The van der Waals surface area contributed by atoms with Crippen LogP contribution in [0, 0.1) is 0 Å². The molecule has 0 N–H and O–H groups in total. The van der Waals surface area contributed by atoms with Crippen LogP contribution in [0.15, 0.2) is 5.11 Å². The Morgan fingerprint density at radius 3 is 2.73 bits per heavy atom. The highest BCUT2D eigenvalue weighted by atomic mass is 16.8. The predicted molar refractivity (Wildman–Crippen MR) is 51.9 cm³/mol. The summed E-state index contributed by atoms with van der Waals surface area (Å²) < 4.78 is 16.8. The Bertz CT molecular complexity index is 301. The smallest absolute Gasteiger partial charge is 0.187 e. The molecule has 0 aromatic heterocycles. The lowest BCUT2D eigenvalue weighted by molar-refractivity contribution is -0.206. The summed E-state index contributed by atoms with van der Waals surface area (Å²) in [4.78, 5) is 2.83. The van der Waals surface area contributed by atoms with E-state index in [1.54, 1.807) is 0 Å². The SMILES string of the molecule is CC[C@@H]1OC2OC(C)(C)O[C@H]2[C@H]1N=[N+]=[N-]. The van der Waals surface area contributed by atoms with Gasteiger partial charge in [0, 0.05) is 4.91 Å². The maximum absolute atomic E-state index is 8.50. The van der Waals surface area contributed by atoms with Gasteiger partial charge in [-0.3, -0.25) is 0 Å². The van der Waals surface area contributed by atoms with Crippen LogP contribution in [0.1, 0.15) is 27.2 Å². The molecule has 2 heterocycles. The number of ether oxygens (including phenoxy) is 3. The molecule has 1 unspecified atom stereocenters. The van der Waals surface area contributed by atoms with Crippen LogP contribution in [0.4, 0.5) is 0 Å². The van der Waals surface area contributed by atoms with Crippen molar-refractivity contribution in [2.24, 2.45) is 5.11 Å². The zero-order chi connectivity index (χ0) is 11.1. The van der Waals surface area contributed by atoms with Gasteiger partial charge in [0.15, 0.2) is 12.1 Å². The monoisotopic (exact) mass is 213 g/mol. The van der Waals surface area contributed by atoms with Crippen LogP contribution >= 0.6 is 0 Å². The Morgan fingerprint density at radius 1 is 1.40 bits per heavy atom. The van der Waals surface area contributed by atoms with Gasteiger partial charge in [-0.1, -0.05) is 12.0 Å². The Labute approximate surface area is 88.1 Å². The molecule has 15 heavy (non-hydrogen) atoms. The summed E-state index contributed by atoms with van der Waals surface area (Å²) in [6, 6.07) is -0.285. The third kappa shape index (κ3) is 1.81. The van der Waals surface area contributed by atoms with Gasteiger partial charge >= 0.3 is 0 Å². The average molecular weight is 213 g/mol. The first-order valence-electron chi connectivity index (χ1n) is 5.12. The molecule has 2 aliphatic heterocycles. The van der Waals surface area contributed by atoms with Crippen LogP contribution < -0.4 is 0 Å². The molecular weight excluding hydrogens is 198 g/mol. The fourth-order valence-corrected chi connectivity index (χ4v) is 2.10. The number of hydrogen-bond donors (Lipinski definition) is 0. The summed E-state index contributed by atoms with van der Waals surface area (Å²) in [6.45, 7) is 5.63. The van der Waals surface area contributed by atoms with E-state index in [2.05, 4.69) is 10.0 Å². The number of fused-ring (bicyclic) bond motifs is 1. The van der Waals surface area contributed by atoms with Crippen molar-refractivity contribution in [3.63, 3.8) is 0 Å². The number of nitrogens with zero attached hydrogens (tertiary/aromatic N) is 3. The molecule has 6 nitrogen and oxygen atoms in total. The van der Waals surface area contributed by atoms with E-state index >= 15 is 0 Å². The predicted octanol–water partition coefficient (Wildman–Crippen LogP) is 1.95. The standard InChI is InChI=1S/C9H15N3O3/c1-4-5-6(11-12-10)7-8(13-5)15-9(2,3)14-7/h5-8H,4H2,1-3H3/t5-,6-,7-,8?/m0/s1. The van der Waals surface area contributed by atoms with E-state index in [0.717, 1.165) is 6.42 Å². The molecule has 2 fully saturated rings. The lowest BCUT2D eigenvalue weighted by Gasteiger charge is -2.22. The lowest BCUT2D eigenvalue weighted by atomic mass is 10.1. The van der Waals surface area contributed by atoms with Crippen LogP contribution in [-0.2, 0) is 14.2 Å². The Morgan fingerprint density at radius 2 is 2.13 bits per heavy atom. The third-order valence-electron chi connectivity index (χ3n) is 2.70. The van der Waals surface area contributed by atoms with Crippen molar-refractivity contribution in [3.05, 3.63) is 10.4 Å². The minimum atomic E-state index is -0.655. The van der Waals surface area contributed by atoms with E-state index in [1.165, 1.54) is 0 Å². The van der Waals surface area contributed by atoms with Crippen molar-refractivity contribution in [3.8, 4) is 0 Å². The van der Waals surface area contributed by atoms with Gasteiger partial charge in [-0.2, -0.15) is 0 Å². The number of azide groups is 1. The van der Waals surface area contributed by atoms with Gasteiger partial charge in [-0.05, 0) is 25.8 Å². The van der Waals surface area contributed by atoms with Crippen LogP contribution in [0.3, 0.4) is 0 Å². The maximum atomic E-state index is 8.50. The minimum Gasteiger partial charge on any atom is -0.346 e. The molecule has 0 aromatic carbocycles. The van der Waals surface area contributed by atoms with Gasteiger partial charge in [0.25, 0.3) is 0 Å². The highest BCUT2D eigenvalue weighted by Crippen LogP contribution is 2.39. The topological polar surface area (TPSA) is 76.5 Å². The highest BCUT2D eigenvalue weighted by molar-refractivity contribution is 4.97. The molecule has 2 saturated heterocycles. The van der Waals surface area contributed by atoms with E-state index in [9.17, 15) is 0 Å². The zero-order valence-electron chi connectivity index (χ0n) is 9.08. The first-order valence-corrected chi connectivity index (χ1v) is 5.12. The molecule has 0 bridgehead atoms. The van der Waals surface area contributed by atoms with Crippen molar-refractivity contribution in [2.75, 3.05) is 0 Å². The van der Waals surface area contributed by atoms with Gasteiger partial charge in [0.1, 0.15) is 6.10 Å². The lowest BCUT2D eigenvalue weighted by Crippen LogP contribution is -2.32. The molecule has 6 heteroatoms. The zero-order valence-corrected chi connectivity index (χ0v) is 9.08. The van der Waals surface area contributed by atoms with Gasteiger partial charge in [0.05, 0.1) is 12.1 Å². The molecule has 84 valence electrons. The van der Waals surface area contributed by atoms with Crippen molar-refractivity contribution in [1.29, 1.82) is 0 Å². The molecule has 2 rings (SSSR count). The fourth-order valence-electron chi connectivity index (χ4n) is 2.10. The van der Waals surface area contributed by atoms with Crippen molar-refractivity contribution < 1.29 is 14.2 Å². The van der Waals surface area contributed by atoms with E-state index in [-0.39, 0.29) is 18.2 Å². The summed E-state index contributed by atoms with van der Waals surface area (Å²) in [5, 5.41) is 3.73. The van der Waals surface area contributed by atoms with Crippen LogP contribution in [0.5, 0.6) is 0 Å². The molecule has 0 amide bonds. The Kier molecular flexibility index (Phi) is 2.60. The van der Waals surface area contributed by atoms with E-state index in [0.29, 0.717) is 0 Å². The molecule has 0 radical (unpaired) electrons. The third-order valence-corrected chi connectivity index (χ3v) is 2.70. The summed E-state index contributed by atoms with van der Waals surface area (Å²) in [5.74, 6) is -0.655. The summed E-state index contributed by atoms with van der Waals surface area (Å²) in [6.07, 6.45) is -0.00240. The molecule has 2 aliphatic rings. The van der Waals surface area contributed by atoms with Crippen molar-refractivity contribution >= 4 is 0 Å². The van der Waals surface area contributed by atoms with Crippen LogP contribution in [0.2, 0.25) is 0 Å². The van der Waals surface area contributed by atoms with Gasteiger partial charge in [0.2, 0.25) is 0 Å². The fraction of sp³-hybridized carbons (Fsp3) is 1.00. The maximum Gasteiger partial charge on any atom is 0.187 e. The normalized spacial score (nSPS) is 42.3. The van der Waals surface area contributed by atoms with Crippen LogP contribution in [-0.4, -0.2) is 30.3 Å². The summed E-state index contributed by atoms with van der Waals surface area (Å²) in [7, 11) is 0. The Balaban J connectivity index is 2.17. The molecule has 0 aliphatic carbocycles. The first kappa shape index (κ1) is 10.7. The van der Waals surface area contributed by atoms with Gasteiger partial charge < -0.3 is 14.2 Å². The van der Waals surface area contributed by atoms with E-state index in [4.69, 9.17) is 19.7 Å². The van der Waals surface area contributed by atoms with E-state index < -0.39 is 12.1 Å². The molecule has 0 saturated carbocycles. The number of rotatable bonds is 2. The van der Waals surface area contributed by atoms with Crippen molar-refractivity contribution in [2.45, 2.75) is 57.5 Å². The minimum absolute atomic E-state index is 0.105. The van der Waals surface area contributed by atoms with Crippen LogP contribution in [0.25, 0.3) is 10.4 Å². The largest absolute Gasteiger partial charge is 0.346 e. The quantitative estimate of drug-likeness (QED) is 0.399. The Hall–Kier alpha value is -0.810. The molecule has 0 spiro atoms. The summed E-state index contributed by atoms with van der Waals surface area (Å²) >= 11 is 0. The van der Waals surface area contributed by atoms with Gasteiger partial charge in [-0.15, -0.1) is 0 Å². The number of hydrogen-bond acceptors (Lipinski definition) is 4. The van der Waals surface area contributed by atoms with Crippen molar-refractivity contribution in [1.82, 2.24) is 0 Å². The second-order valence-electron chi connectivity index (χ2n) is 4.25. The second-order valence-corrected chi connectivity index (χ2v) is 4.25. The van der Waals surface area contributed by atoms with Gasteiger partial charge in [-0.25, -0.2) is 0 Å². The highest BCUT2D eigenvalue weighted by Gasteiger charge is 2.53. The molecule has 4 atom stereocenters. The summed E-state index contributed by atoms with van der Waals surface area (Å²) in [5.41, 5.74) is 8.50. The molecule has 0 aromatic rings.